The van der Waals surface area contributed by atoms with Gasteiger partial charge in [-0.15, -0.1) is 0 Å². The highest BCUT2D eigenvalue weighted by atomic mass is 16.3. The molecule has 0 spiro atoms. The second kappa shape index (κ2) is 6.51. The summed E-state index contributed by atoms with van der Waals surface area (Å²) in [5.41, 5.74) is 2.48. The number of aliphatic hydroxyl groups excluding tert-OH is 1. The highest BCUT2D eigenvalue weighted by Crippen LogP contribution is 2.14. The number of hydrogen-bond donors (Lipinski definition) is 2. The molecule has 0 aromatic heterocycles. The van der Waals surface area contributed by atoms with Gasteiger partial charge in [0.15, 0.2) is 0 Å². The van der Waals surface area contributed by atoms with Crippen molar-refractivity contribution in [2.45, 2.75) is 26.0 Å². The van der Waals surface area contributed by atoms with Gasteiger partial charge in [-0.05, 0) is 38.1 Å². The van der Waals surface area contributed by atoms with Crippen LogP contribution < -0.4 is 10.2 Å². The van der Waals surface area contributed by atoms with E-state index in [4.69, 9.17) is 0 Å². The summed E-state index contributed by atoms with van der Waals surface area (Å²) in [6.45, 7) is 3.60. The normalized spacial score (nSPS) is 12.5. The Labute approximate surface area is 98.1 Å². The summed E-state index contributed by atoms with van der Waals surface area (Å²) in [4.78, 5) is 2.16. The molecule has 0 saturated carbocycles. The van der Waals surface area contributed by atoms with Gasteiger partial charge in [0.1, 0.15) is 0 Å². The number of anilines is 1. The molecule has 0 amide bonds. The van der Waals surface area contributed by atoms with Crippen molar-refractivity contribution in [1.82, 2.24) is 5.32 Å². The average Bonchev–Trinajstić information content (AvgIpc) is 2.27. The molecule has 0 aliphatic heterocycles. The van der Waals surface area contributed by atoms with E-state index in [1.807, 2.05) is 14.0 Å². The zero-order valence-corrected chi connectivity index (χ0v) is 10.4. The Bertz CT molecular complexity index is 295. The molecule has 1 aromatic rings. The molecular weight excluding hydrogens is 200 g/mol. The zero-order valence-electron chi connectivity index (χ0n) is 10.4. The van der Waals surface area contributed by atoms with Crippen LogP contribution in [-0.4, -0.2) is 31.9 Å². The first-order valence-electron chi connectivity index (χ1n) is 5.76. The molecular formula is C13H22N2O. The first kappa shape index (κ1) is 13.0. The van der Waals surface area contributed by atoms with Crippen LogP contribution in [0.2, 0.25) is 0 Å². The highest BCUT2D eigenvalue weighted by Gasteiger charge is 2.02. The number of nitrogens with one attached hydrogen (secondary N) is 1. The maximum Gasteiger partial charge on any atom is 0.0528 e. The lowest BCUT2D eigenvalue weighted by Crippen LogP contribution is -2.21. The van der Waals surface area contributed by atoms with E-state index in [1.54, 1.807) is 0 Å². The van der Waals surface area contributed by atoms with Crippen LogP contribution in [0.3, 0.4) is 0 Å². The lowest BCUT2D eigenvalue weighted by molar-refractivity contribution is 0.187. The van der Waals surface area contributed by atoms with Crippen LogP contribution in [0, 0.1) is 0 Å². The largest absolute Gasteiger partial charge is 0.393 e. The van der Waals surface area contributed by atoms with E-state index in [0.29, 0.717) is 0 Å². The number of aliphatic hydroxyl groups is 1. The Morgan fingerprint density at radius 2 is 1.94 bits per heavy atom. The second-order valence-electron chi connectivity index (χ2n) is 4.26. The third kappa shape index (κ3) is 4.21. The molecule has 0 fully saturated rings. The molecule has 1 aromatic carbocycles. The van der Waals surface area contributed by atoms with Gasteiger partial charge in [0, 0.05) is 25.8 Å². The fourth-order valence-corrected chi connectivity index (χ4v) is 1.58. The second-order valence-corrected chi connectivity index (χ2v) is 4.26. The van der Waals surface area contributed by atoms with E-state index < -0.39 is 0 Å². The minimum Gasteiger partial charge on any atom is -0.393 e. The van der Waals surface area contributed by atoms with Gasteiger partial charge in [0.25, 0.3) is 0 Å². The summed E-state index contributed by atoms with van der Waals surface area (Å²) >= 11 is 0. The van der Waals surface area contributed by atoms with Crippen molar-refractivity contribution in [3.05, 3.63) is 29.8 Å². The minimum atomic E-state index is -0.231. The van der Waals surface area contributed by atoms with Gasteiger partial charge in [-0.25, -0.2) is 0 Å². The van der Waals surface area contributed by atoms with E-state index in [0.717, 1.165) is 19.5 Å². The molecule has 16 heavy (non-hydrogen) atoms. The SMILES string of the molecule is CNCc1ccc(N(C)CCC(C)O)cc1. The number of nitrogens with zero attached hydrogens (tertiary/aromatic N) is 1. The molecule has 0 radical (unpaired) electrons. The molecule has 0 aliphatic rings. The van der Waals surface area contributed by atoms with Crippen molar-refractivity contribution in [3.8, 4) is 0 Å². The summed E-state index contributed by atoms with van der Waals surface area (Å²) < 4.78 is 0. The Morgan fingerprint density at radius 3 is 2.44 bits per heavy atom. The third-order valence-corrected chi connectivity index (χ3v) is 2.64. The van der Waals surface area contributed by atoms with Gasteiger partial charge in [-0.1, -0.05) is 12.1 Å². The fourth-order valence-electron chi connectivity index (χ4n) is 1.58. The lowest BCUT2D eigenvalue weighted by Gasteiger charge is -2.20. The van der Waals surface area contributed by atoms with Gasteiger partial charge in [0.05, 0.1) is 6.10 Å². The van der Waals surface area contributed by atoms with Crippen molar-refractivity contribution >= 4 is 5.69 Å². The van der Waals surface area contributed by atoms with Crippen LogP contribution in [0.15, 0.2) is 24.3 Å². The number of benzene rings is 1. The van der Waals surface area contributed by atoms with Crippen LogP contribution in [0.25, 0.3) is 0 Å². The Hall–Kier alpha value is -1.06. The van der Waals surface area contributed by atoms with Gasteiger partial charge in [-0.3, -0.25) is 0 Å². The molecule has 1 rings (SSSR count). The Morgan fingerprint density at radius 1 is 1.31 bits per heavy atom. The van der Waals surface area contributed by atoms with E-state index in [-0.39, 0.29) is 6.10 Å². The van der Waals surface area contributed by atoms with Crippen LogP contribution in [0.5, 0.6) is 0 Å². The molecule has 3 nitrogen and oxygen atoms in total. The van der Waals surface area contributed by atoms with Crippen molar-refractivity contribution in [2.24, 2.45) is 0 Å². The maximum absolute atomic E-state index is 9.23. The van der Waals surface area contributed by atoms with Crippen molar-refractivity contribution in [3.63, 3.8) is 0 Å². The summed E-state index contributed by atoms with van der Waals surface area (Å²) in [5, 5.41) is 12.4. The first-order chi connectivity index (χ1) is 7.63. The van der Waals surface area contributed by atoms with Gasteiger partial charge < -0.3 is 15.3 Å². The van der Waals surface area contributed by atoms with Gasteiger partial charge in [-0.2, -0.15) is 0 Å². The van der Waals surface area contributed by atoms with Gasteiger partial charge >= 0.3 is 0 Å². The molecule has 0 saturated heterocycles. The van der Waals surface area contributed by atoms with Crippen LogP contribution in [-0.2, 0) is 6.54 Å². The minimum absolute atomic E-state index is 0.231. The average molecular weight is 222 g/mol. The van der Waals surface area contributed by atoms with E-state index in [9.17, 15) is 5.11 Å². The first-order valence-corrected chi connectivity index (χ1v) is 5.76. The number of rotatable bonds is 6. The highest BCUT2D eigenvalue weighted by molar-refractivity contribution is 5.46. The zero-order chi connectivity index (χ0) is 12.0. The molecule has 1 unspecified atom stereocenters. The predicted molar refractivity (Wildman–Crippen MR) is 68.8 cm³/mol. The predicted octanol–water partition coefficient (Wildman–Crippen LogP) is 1.61. The van der Waals surface area contributed by atoms with Gasteiger partial charge in [0.2, 0.25) is 0 Å². The summed E-state index contributed by atoms with van der Waals surface area (Å²) in [6, 6.07) is 8.50. The van der Waals surface area contributed by atoms with E-state index in [2.05, 4.69) is 41.5 Å². The third-order valence-electron chi connectivity index (χ3n) is 2.64. The quantitative estimate of drug-likeness (QED) is 0.767. The molecule has 0 bridgehead atoms. The van der Waals surface area contributed by atoms with Crippen molar-refractivity contribution < 1.29 is 5.11 Å². The van der Waals surface area contributed by atoms with Crippen molar-refractivity contribution in [1.29, 1.82) is 0 Å². The van der Waals surface area contributed by atoms with Crippen LogP contribution in [0.1, 0.15) is 18.9 Å². The summed E-state index contributed by atoms with van der Waals surface area (Å²) in [5.74, 6) is 0. The molecule has 1 atom stereocenters. The van der Waals surface area contributed by atoms with Crippen LogP contribution in [0.4, 0.5) is 5.69 Å². The van der Waals surface area contributed by atoms with Crippen LogP contribution >= 0.6 is 0 Å². The summed E-state index contributed by atoms with van der Waals surface area (Å²) in [7, 11) is 4.00. The monoisotopic (exact) mass is 222 g/mol. The smallest absolute Gasteiger partial charge is 0.0528 e. The Kier molecular flexibility index (Phi) is 5.29. The summed E-state index contributed by atoms with van der Waals surface area (Å²) in [6.07, 6.45) is 0.570. The Balaban J connectivity index is 2.52. The molecule has 2 N–H and O–H groups in total. The van der Waals surface area contributed by atoms with Crippen molar-refractivity contribution in [2.75, 3.05) is 25.5 Å². The van der Waals surface area contributed by atoms with E-state index >= 15 is 0 Å². The maximum atomic E-state index is 9.23. The lowest BCUT2D eigenvalue weighted by atomic mass is 10.2. The standard InChI is InChI=1S/C13H22N2O/c1-11(16)8-9-15(3)13-6-4-12(5-7-13)10-14-2/h4-7,11,14,16H,8-10H2,1-3H3. The molecule has 90 valence electrons. The fraction of sp³-hybridized carbons (Fsp3) is 0.538. The molecule has 3 heteroatoms. The van der Waals surface area contributed by atoms with E-state index in [1.165, 1.54) is 11.3 Å². The molecule has 0 aliphatic carbocycles. The topological polar surface area (TPSA) is 35.5 Å². The number of hydrogen-bond acceptors (Lipinski definition) is 3. The molecule has 0 heterocycles.